The van der Waals surface area contributed by atoms with Gasteiger partial charge in [-0.25, -0.2) is 9.67 Å². The summed E-state index contributed by atoms with van der Waals surface area (Å²) in [7, 11) is 1.75. The lowest BCUT2D eigenvalue weighted by Gasteiger charge is -2.03. The molecule has 0 atom stereocenters. The van der Waals surface area contributed by atoms with Crippen molar-refractivity contribution >= 4 is 22.0 Å². The van der Waals surface area contributed by atoms with Crippen molar-refractivity contribution in [3.05, 3.63) is 46.1 Å². The van der Waals surface area contributed by atoms with E-state index in [4.69, 9.17) is 0 Å². The van der Waals surface area contributed by atoms with Crippen molar-refractivity contribution in [2.24, 2.45) is 0 Å². The van der Waals surface area contributed by atoms with E-state index in [-0.39, 0.29) is 5.56 Å². The zero-order chi connectivity index (χ0) is 12.5. The molecule has 0 aliphatic carbocycles. The van der Waals surface area contributed by atoms with E-state index in [0.29, 0.717) is 12.2 Å². The van der Waals surface area contributed by atoms with Gasteiger partial charge in [0.05, 0.1) is 24.1 Å². The van der Waals surface area contributed by atoms with Crippen LogP contribution in [0.25, 0.3) is 4.96 Å². The number of thiazole rings is 1. The molecule has 7 heteroatoms. The molecule has 0 bridgehead atoms. The number of hydrogen-bond acceptors (Lipinski definition) is 5. The molecule has 3 aromatic rings. The molecule has 0 fully saturated rings. The van der Waals surface area contributed by atoms with Gasteiger partial charge in [-0.2, -0.15) is 5.10 Å². The molecule has 18 heavy (non-hydrogen) atoms. The minimum atomic E-state index is -0.141. The maximum atomic E-state index is 11.8. The molecular formula is C11H11N5OS. The number of anilines is 1. The third-order valence-electron chi connectivity index (χ3n) is 2.61. The Morgan fingerprint density at radius 2 is 2.39 bits per heavy atom. The van der Waals surface area contributed by atoms with Crippen LogP contribution in [0, 0.1) is 0 Å². The highest BCUT2D eigenvalue weighted by molar-refractivity contribution is 7.15. The fourth-order valence-corrected chi connectivity index (χ4v) is 2.41. The first-order valence-corrected chi connectivity index (χ1v) is 6.30. The molecule has 0 amide bonds. The van der Waals surface area contributed by atoms with Gasteiger partial charge in [0.1, 0.15) is 0 Å². The van der Waals surface area contributed by atoms with E-state index in [2.05, 4.69) is 15.4 Å². The van der Waals surface area contributed by atoms with Crippen molar-refractivity contribution in [2.45, 2.75) is 6.54 Å². The van der Waals surface area contributed by atoms with Crippen molar-refractivity contribution in [1.82, 2.24) is 19.2 Å². The van der Waals surface area contributed by atoms with Crippen LogP contribution in [0.3, 0.4) is 0 Å². The zero-order valence-electron chi connectivity index (χ0n) is 9.70. The SMILES string of the molecule is CNc1cnn(Cc2cn3ccsc3n2)c(=O)c1. The average molecular weight is 261 g/mol. The number of hydrogen-bond donors (Lipinski definition) is 1. The molecule has 0 aromatic carbocycles. The van der Waals surface area contributed by atoms with Crippen molar-refractivity contribution in [1.29, 1.82) is 0 Å². The zero-order valence-corrected chi connectivity index (χ0v) is 10.5. The van der Waals surface area contributed by atoms with E-state index < -0.39 is 0 Å². The minimum Gasteiger partial charge on any atom is -0.387 e. The number of nitrogens with zero attached hydrogens (tertiary/aromatic N) is 4. The average Bonchev–Trinajstić information content (AvgIpc) is 2.92. The summed E-state index contributed by atoms with van der Waals surface area (Å²) in [5.41, 5.74) is 1.40. The molecule has 0 aliphatic rings. The first kappa shape index (κ1) is 11.0. The van der Waals surface area contributed by atoms with Crippen LogP contribution in [0.5, 0.6) is 0 Å². The molecule has 0 unspecified atom stereocenters. The lowest BCUT2D eigenvalue weighted by atomic mass is 10.4. The lowest BCUT2D eigenvalue weighted by Crippen LogP contribution is -2.22. The van der Waals surface area contributed by atoms with Crippen LogP contribution >= 0.6 is 11.3 Å². The summed E-state index contributed by atoms with van der Waals surface area (Å²) in [5, 5.41) is 8.95. The van der Waals surface area contributed by atoms with Crippen molar-refractivity contribution in [3.8, 4) is 0 Å². The van der Waals surface area contributed by atoms with Crippen LogP contribution < -0.4 is 10.9 Å². The van der Waals surface area contributed by atoms with Crippen molar-refractivity contribution in [3.63, 3.8) is 0 Å². The second-order valence-corrected chi connectivity index (χ2v) is 4.69. The molecule has 3 aromatic heterocycles. The maximum absolute atomic E-state index is 11.8. The van der Waals surface area contributed by atoms with Crippen LogP contribution in [-0.4, -0.2) is 26.2 Å². The third kappa shape index (κ3) is 1.88. The van der Waals surface area contributed by atoms with Gasteiger partial charge in [-0.3, -0.25) is 9.20 Å². The summed E-state index contributed by atoms with van der Waals surface area (Å²) in [4.78, 5) is 17.1. The van der Waals surface area contributed by atoms with Crippen LogP contribution in [0.4, 0.5) is 5.69 Å². The summed E-state index contributed by atoms with van der Waals surface area (Å²) >= 11 is 1.56. The molecule has 0 aliphatic heterocycles. The molecular weight excluding hydrogens is 250 g/mol. The first-order chi connectivity index (χ1) is 8.76. The molecule has 6 nitrogen and oxygen atoms in total. The quantitative estimate of drug-likeness (QED) is 0.765. The number of rotatable bonds is 3. The van der Waals surface area contributed by atoms with Crippen LogP contribution in [0.15, 0.2) is 34.8 Å². The second kappa shape index (κ2) is 4.26. The van der Waals surface area contributed by atoms with Crippen LogP contribution in [0.2, 0.25) is 0 Å². The number of fused-ring (bicyclic) bond motifs is 1. The Hall–Kier alpha value is -2.15. The fourth-order valence-electron chi connectivity index (χ4n) is 1.69. The summed E-state index contributed by atoms with van der Waals surface area (Å²) in [5.74, 6) is 0. The van der Waals surface area contributed by atoms with E-state index >= 15 is 0 Å². The van der Waals surface area contributed by atoms with Crippen molar-refractivity contribution < 1.29 is 0 Å². The summed E-state index contributed by atoms with van der Waals surface area (Å²) in [6.45, 7) is 0.386. The van der Waals surface area contributed by atoms with Gasteiger partial charge in [0.2, 0.25) is 0 Å². The fraction of sp³-hybridized carbons (Fsp3) is 0.182. The number of aromatic nitrogens is 4. The van der Waals surface area contributed by atoms with Gasteiger partial charge in [0.15, 0.2) is 4.96 Å². The standard InChI is InChI=1S/C11H11N5OS/c1-12-8-4-10(17)16(13-5-8)7-9-6-15-2-3-18-11(15)14-9/h2-6,12H,7H2,1H3. The van der Waals surface area contributed by atoms with Gasteiger partial charge >= 0.3 is 0 Å². The van der Waals surface area contributed by atoms with Crippen LogP contribution in [0.1, 0.15) is 5.69 Å². The normalized spacial score (nSPS) is 10.9. The maximum Gasteiger partial charge on any atom is 0.269 e. The predicted octanol–water partition coefficient (Wildman–Crippen LogP) is 1.04. The predicted molar refractivity (Wildman–Crippen MR) is 70.2 cm³/mol. The van der Waals surface area contributed by atoms with Gasteiger partial charge in [-0.15, -0.1) is 11.3 Å². The van der Waals surface area contributed by atoms with Gasteiger partial charge in [0, 0.05) is 30.9 Å². The largest absolute Gasteiger partial charge is 0.387 e. The topological polar surface area (TPSA) is 64.2 Å². The molecule has 3 heterocycles. The minimum absolute atomic E-state index is 0.141. The Morgan fingerprint density at radius 3 is 3.11 bits per heavy atom. The van der Waals surface area contributed by atoms with E-state index in [1.807, 2.05) is 22.2 Å². The molecule has 0 spiro atoms. The first-order valence-electron chi connectivity index (χ1n) is 5.42. The third-order valence-corrected chi connectivity index (χ3v) is 3.38. The molecule has 3 rings (SSSR count). The van der Waals surface area contributed by atoms with Gasteiger partial charge in [-0.05, 0) is 0 Å². The molecule has 0 saturated carbocycles. The smallest absolute Gasteiger partial charge is 0.269 e. The highest BCUT2D eigenvalue weighted by atomic mass is 32.1. The van der Waals surface area contributed by atoms with Gasteiger partial charge < -0.3 is 5.32 Å². The summed E-state index contributed by atoms with van der Waals surface area (Å²) in [6, 6.07) is 1.52. The van der Waals surface area contributed by atoms with Gasteiger partial charge in [-0.1, -0.05) is 0 Å². The van der Waals surface area contributed by atoms with Crippen LogP contribution in [-0.2, 0) is 6.54 Å². The monoisotopic (exact) mass is 261 g/mol. The van der Waals surface area contributed by atoms with E-state index in [0.717, 1.165) is 10.7 Å². The molecule has 92 valence electrons. The highest BCUT2D eigenvalue weighted by Gasteiger charge is 2.05. The Balaban J connectivity index is 1.92. The number of nitrogens with one attached hydrogen (secondary N) is 1. The summed E-state index contributed by atoms with van der Waals surface area (Å²) < 4.78 is 3.33. The lowest BCUT2D eigenvalue weighted by molar-refractivity contribution is 0.631. The highest BCUT2D eigenvalue weighted by Crippen LogP contribution is 2.11. The van der Waals surface area contributed by atoms with Crippen molar-refractivity contribution in [2.75, 3.05) is 12.4 Å². The van der Waals surface area contributed by atoms with E-state index in [1.54, 1.807) is 24.6 Å². The number of imidazole rings is 1. The molecule has 0 radical (unpaired) electrons. The van der Waals surface area contributed by atoms with E-state index in [1.165, 1.54) is 10.7 Å². The molecule has 1 N–H and O–H groups in total. The van der Waals surface area contributed by atoms with E-state index in [9.17, 15) is 4.79 Å². The Labute approximate surface area is 107 Å². The second-order valence-electron chi connectivity index (χ2n) is 3.82. The molecule has 0 saturated heterocycles. The Morgan fingerprint density at radius 1 is 1.50 bits per heavy atom. The van der Waals surface area contributed by atoms with Gasteiger partial charge in [0.25, 0.3) is 5.56 Å². The summed E-state index contributed by atoms with van der Waals surface area (Å²) in [6.07, 6.45) is 5.47. The Kier molecular flexibility index (Phi) is 2.60. The Bertz CT molecular complexity index is 713.